The van der Waals surface area contributed by atoms with Gasteiger partial charge in [-0.1, -0.05) is 77.3 Å². The van der Waals surface area contributed by atoms with E-state index in [0.29, 0.717) is 0 Å². The molecule has 0 saturated heterocycles. The summed E-state index contributed by atoms with van der Waals surface area (Å²) in [5.74, 6) is -0.366. The average molecular weight is 544 g/mol. The van der Waals surface area contributed by atoms with Crippen LogP contribution in [-0.4, -0.2) is 25.2 Å². The van der Waals surface area contributed by atoms with E-state index >= 15 is 0 Å². The van der Waals surface area contributed by atoms with E-state index in [1.807, 2.05) is 64.1 Å². The maximum absolute atomic E-state index is 13.5. The van der Waals surface area contributed by atoms with Crippen LogP contribution in [0, 0.1) is 13.8 Å². The van der Waals surface area contributed by atoms with E-state index in [4.69, 9.17) is 0 Å². The standard InChI is InChI=1S/C27H31BrN2O3S/c1-5-22-15-24(28)16-23(6-2)27(22)29-26(31)18-30(17-21-11-7-19(3)8-12-21)34(32,33)25-13-9-20(4)10-14-25/h7-16H,5-6,17-18H2,1-4H3,(H,29,31). The van der Waals surface area contributed by atoms with Crippen molar-refractivity contribution in [3.63, 3.8) is 0 Å². The summed E-state index contributed by atoms with van der Waals surface area (Å²) in [6.45, 7) is 7.76. The number of hydrogen-bond donors (Lipinski definition) is 1. The minimum Gasteiger partial charge on any atom is -0.324 e. The van der Waals surface area contributed by atoms with Crippen molar-refractivity contribution in [3.05, 3.63) is 93.0 Å². The molecule has 3 rings (SSSR count). The number of benzene rings is 3. The molecule has 1 N–H and O–H groups in total. The highest BCUT2D eigenvalue weighted by molar-refractivity contribution is 9.10. The number of amides is 1. The Morgan fingerprint density at radius 2 is 1.38 bits per heavy atom. The maximum atomic E-state index is 13.5. The maximum Gasteiger partial charge on any atom is 0.243 e. The van der Waals surface area contributed by atoms with E-state index in [1.54, 1.807) is 24.3 Å². The first-order valence-corrected chi connectivity index (χ1v) is 13.6. The van der Waals surface area contributed by atoms with Crippen molar-refractivity contribution in [1.82, 2.24) is 4.31 Å². The molecule has 0 aliphatic carbocycles. The molecule has 34 heavy (non-hydrogen) atoms. The number of halogens is 1. The molecule has 0 unspecified atom stereocenters. The summed E-state index contributed by atoms with van der Waals surface area (Å²) in [4.78, 5) is 13.4. The number of nitrogens with zero attached hydrogens (tertiary/aromatic N) is 1. The SMILES string of the molecule is CCc1cc(Br)cc(CC)c1NC(=O)CN(Cc1ccc(C)cc1)S(=O)(=O)c1ccc(C)cc1. The summed E-state index contributed by atoms with van der Waals surface area (Å²) < 4.78 is 29.3. The molecule has 0 heterocycles. The molecule has 0 atom stereocenters. The lowest BCUT2D eigenvalue weighted by Gasteiger charge is -2.23. The van der Waals surface area contributed by atoms with Gasteiger partial charge in [-0.15, -0.1) is 0 Å². The lowest BCUT2D eigenvalue weighted by atomic mass is 10.0. The van der Waals surface area contributed by atoms with Crippen LogP contribution in [0.3, 0.4) is 0 Å². The van der Waals surface area contributed by atoms with Crippen LogP contribution in [-0.2, 0) is 34.2 Å². The van der Waals surface area contributed by atoms with Gasteiger partial charge in [0.25, 0.3) is 0 Å². The molecular weight excluding hydrogens is 512 g/mol. The lowest BCUT2D eigenvalue weighted by Crippen LogP contribution is -2.37. The molecule has 0 radical (unpaired) electrons. The second-order valence-electron chi connectivity index (χ2n) is 8.43. The summed E-state index contributed by atoms with van der Waals surface area (Å²) in [7, 11) is -3.89. The average Bonchev–Trinajstić information content (AvgIpc) is 2.81. The topological polar surface area (TPSA) is 66.5 Å². The van der Waals surface area contributed by atoms with Gasteiger partial charge < -0.3 is 5.32 Å². The number of anilines is 1. The van der Waals surface area contributed by atoms with Crippen LogP contribution in [0.5, 0.6) is 0 Å². The minimum atomic E-state index is -3.89. The molecule has 180 valence electrons. The Hall–Kier alpha value is -2.48. The van der Waals surface area contributed by atoms with Gasteiger partial charge in [-0.2, -0.15) is 4.31 Å². The van der Waals surface area contributed by atoms with Gasteiger partial charge >= 0.3 is 0 Å². The number of hydrogen-bond acceptors (Lipinski definition) is 3. The zero-order chi connectivity index (χ0) is 24.9. The molecule has 0 aliphatic rings. The predicted octanol–water partition coefficient (Wildman–Crippen LogP) is 6.02. The Morgan fingerprint density at radius 3 is 1.88 bits per heavy atom. The molecule has 3 aromatic rings. The second kappa shape index (κ2) is 11.3. The van der Waals surface area contributed by atoms with E-state index in [9.17, 15) is 13.2 Å². The largest absolute Gasteiger partial charge is 0.324 e. The van der Waals surface area contributed by atoms with Gasteiger partial charge in [0, 0.05) is 16.7 Å². The summed E-state index contributed by atoms with van der Waals surface area (Å²) in [5.41, 5.74) is 5.65. The minimum absolute atomic E-state index is 0.103. The van der Waals surface area contributed by atoms with E-state index in [2.05, 4.69) is 21.2 Å². The van der Waals surface area contributed by atoms with Gasteiger partial charge in [-0.05, 0) is 67.6 Å². The fourth-order valence-corrected chi connectivity index (χ4v) is 5.70. The normalized spacial score (nSPS) is 11.6. The Balaban J connectivity index is 1.93. The van der Waals surface area contributed by atoms with Crippen molar-refractivity contribution in [2.24, 2.45) is 0 Å². The zero-order valence-corrected chi connectivity index (χ0v) is 22.5. The van der Waals surface area contributed by atoms with Crippen LogP contribution in [0.25, 0.3) is 0 Å². The third-order valence-corrected chi connectivity index (χ3v) is 8.01. The highest BCUT2D eigenvalue weighted by Gasteiger charge is 2.27. The number of rotatable bonds is 9. The zero-order valence-electron chi connectivity index (χ0n) is 20.1. The second-order valence-corrected chi connectivity index (χ2v) is 11.3. The van der Waals surface area contributed by atoms with Crippen molar-refractivity contribution < 1.29 is 13.2 Å². The van der Waals surface area contributed by atoms with Crippen molar-refractivity contribution >= 4 is 37.5 Å². The summed E-state index contributed by atoms with van der Waals surface area (Å²) in [6, 6.07) is 18.3. The Bertz CT molecular complexity index is 1230. The lowest BCUT2D eigenvalue weighted by molar-refractivity contribution is -0.116. The van der Waals surface area contributed by atoms with Gasteiger partial charge in [0.05, 0.1) is 11.4 Å². The van der Waals surface area contributed by atoms with Crippen LogP contribution in [0.15, 0.2) is 70.0 Å². The summed E-state index contributed by atoms with van der Waals surface area (Å²) in [5, 5.41) is 3.00. The molecule has 0 aromatic heterocycles. The third kappa shape index (κ3) is 6.34. The van der Waals surface area contributed by atoms with Crippen molar-refractivity contribution in [1.29, 1.82) is 0 Å². The number of sulfonamides is 1. The molecule has 0 fully saturated rings. The van der Waals surface area contributed by atoms with Crippen LogP contribution < -0.4 is 5.32 Å². The van der Waals surface area contributed by atoms with Gasteiger partial charge in [0.15, 0.2) is 0 Å². The predicted molar refractivity (Wildman–Crippen MR) is 141 cm³/mol. The van der Waals surface area contributed by atoms with Crippen LogP contribution in [0.1, 0.15) is 41.7 Å². The smallest absolute Gasteiger partial charge is 0.243 e. The fourth-order valence-electron chi connectivity index (χ4n) is 3.76. The fraction of sp³-hybridized carbons (Fsp3) is 0.296. The first kappa shape index (κ1) is 26.1. The molecule has 0 bridgehead atoms. The summed E-state index contributed by atoms with van der Waals surface area (Å²) in [6.07, 6.45) is 1.49. The Labute approximate surface area is 211 Å². The molecule has 0 aliphatic heterocycles. The Morgan fingerprint density at radius 1 is 0.882 bits per heavy atom. The Kier molecular flexibility index (Phi) is 8.68. The van der Waals surface area contributed by atoms with Gasteiger partial charge in [0.1, 0.15) is 0 Å². The van der Waals surface area contributed by atoms with E-state index in [0.717, 1.165) is 50.8 Å². The molecule has 7 heteroatoms. The number of aryl methyl sites for hydroxylation is 4. The molecular formula is C27H31BrN2O3S. The summed E-state index contributed by atoms with van der Waals surface area (Å²) >= 11 is 3.53. The number of carbonyl (C=O) groups is 1. The number of nitrogens with one attached hydrogen (secondary N) is 1. The molecule has 1 amide bonds. The first-order valence-electron chi connectivity index (χ1n) is 11.4. The molecule has 0 saturated carbocycles. The first-order chi connectivity index (χ1) is 16.1. The van der Waals surface area contributed by atoms with Crippen molar-refractivity contribution in [2.75, 3.05) is 11.9 Å². The van der Waals surface area contributed by atoms with Gasteiger partial charge in [0.2, 0.25) is 15.9 Å². The third-order valence-electron chi connectivity index (χ3n) is 5.75. The highest BCUT2D eigenvalue weighted by Crippen LogP contribution is 2.28. The quantitative estimate of drug-likeness (QED) is 0.359. The highest BCUT2D eigenvalue weighted by atomic mass is 79.9. The van der Waals surface area contributed by atoms with Crippen molar-refractivity contribution in [2.45, 2.75) is 52.0 Å². The van der Waals surface area contributed by atoms with E-state index < -0.39 is 10.0 Å². The van der Waals surface area contributed by atoms with Gasteiger partial charge in [-0.3, -0.25) is 4.79 Å². The van der Waals surface area contributed by atoms with Crippen molar-refractivity contribution in [3.8, 4) is 0 Å². The molecule has 0 spiro atoms. The van der Waals surface area contributed by atoms with Crippen LogP contribution in [0.4, 0.5) is 5.69 Å². The van der Waals surface area contributed by atoms with Gasteiger partial charge in [-0.25, -0.2) is 8.42 Å². The molecule has 3 aromatic carbocycles. The monoisotopic (exact) mass is 542 g/mol. The van der Waals surface area contributed by atoms with Crippen LogP contribution >= 0.6 is 15.9 Å². The van der Waals surface area contributed by atoms with E-state index in [1.165, 1.54) is 4.31 Å². The van der Waals surface area contributed by atoms with E-state index in [-0.39, 0.29) is 23.9 Å². The van der Waals surface area contributed by atoms with Crippen LogP contribution in [0.2, 0.25) is 0 Å². The number of carbonyl (C=O) groups excluding carboxylic acids is 1. The molecule has 5 nitrogen and oxygen atoms in total.